The number of esters is 1. The highest BCUT2D eigenvalue weighted by atomic mass is 16.5. The van der Waals surface area contributed by atoms with Gasteiger partial charge in [-0.05, 0) is 28.8 Å². The van der Waals surface area contributed by atoms with Gasteiger partial charge in [-0.25, -0.2) is 4.79 Å². The largest absolute Gasteiger partial charge is 0.454 e. The molecule has 2 nitrogen and oxygen atoms in total. The zero-order chi connectivity index (χ0) is 15.4. The fourth-order valence-corrected chi connectivity index (χ4v) is 2.65. The lowest BCUT2D eigenvalue weighted by molar-refractivity contribution is 0.0290. The van der Waals surface area contributed by atoms with Crippen molar-refractivity contribution >= 4 is 16.7 Å². The van der Waals surface area contributed by atoms with Gasteiger partial charge < -0.3 is 4.74 Å². The molecule has 0 bridgehead atoms. The average Bonchev–Trinajstić information content (AvgIpc) is 2.59. The second-order valence-corrected chi connectivity index (χ2v) is 5.24. The van der Waals surface area contributed by atoms with E-state index < -0.39 is 0 Å². The summed E-state index contributed by atoms with van der Waals surface area (Å²) in [6.45, 7) is 2.02. The molecule has 2 heteroatoms. The normalized spacial score (nSPS) is 12.0. The van der Waals surface area contributed by atoms with Crippen molar-refractivity contribution in [2.45, 2.75) is 19.4 Å². The van der Waals surface area contributed by atoms with E-state index in [1.807, 2.05) is 79.7 Å². The summed E-state index contributed by atoms with van der Waals surface area (Å²) in [5.74, 6) is -0.271. The van der Waals surface area contributed by atoms with Crippen molar-refractivity contribution in [3.63, 3.8) is 0 Å². The molecule has 0 aliphatic carbocycles. The molecule has 22 heavy (non-hydrogen) atoms. The van der Waals surface area contributed by atoms with Crippen molar-refractivity contribution < 1.29 is 9.53 Å². The Labute approximate surface area is 130 Å². The molecule has 1 atom stereocenters. The lowest BCUT2D eigenvalue weighted by Crippen LogP contribution is -2.11. The van der Waals surface area contributed by atoms with E-state index in [-0.39, 0.29) is 12.1 Å². The maximum absolute atomic E-state index is 12.6. The van der Waals surface area contributed by atoms with Crippen molar-refractivity contribution in [1.29, 1.82) is 0 Å². The molecule has 0 spiro atoms. The third-order valence-electron chi connectivity index (χ3n) is 3.80. The molecular formula is C20H18O2. The summed E-state index contributed by atoms with van der Waals surface area (Å²) in [7, 11) is 0. The molecule has 0 aliphatic heterocycles. The van der Waals surface area contributed by atoms with Crippen LogP contribution in [0.2, 0.25) is 0 Å². The maximum Gasteiger partial charge on any atom is 0.339 e. The Balaban J connectivity index is 1.90. The van der Waals surface area contributed by atoms with Crippen LogP contribution in [0.3, 0.4) is 0 Å². The highest BCUT2D eigenvalue weighted by molar-refractivity contribution is 6.04. The van der Waals surface area contributed by atoms with E-state index in [0.717, 1.165) is 22.8 Å². The predicted octanol–water partition coefficient (Wildman–Crippen LogP) is 5.15. The van der Waals surface area contributed by atoms with Gasteiger partial charge in [-0.3, -0.25) is 0 Å². The Morgan fingerprint density at radius 2 is 1.59 bits per heavy atom. The molecule has 0 aromatic heterocycles. The monoisotopic (exact) mass is 290 g/mol. The van der Waals surface area contributed by atoms with Crippen LogP contribution < -0.4 is 0 Å². The molecule has 0 amide bonds. The van der Waals surface area contributed by atoms with E-state index in [1.54, 1.807) is 0 Å². The molecule has 0 fully saturated rings. The van der Waals surface area contributed by atoms with Crippen molar-refractivity contribution in [3.8, 4) is 0 Å². The molecule has 0 saturated carbocycles. The summed E-state index contributed by atoms with van der Waals surface area (Å²) < 4.78 is 5.74. The van der Waals surface area contributed by atoms with Crippen LogP contribution in [0.1, 0.15) is 35.4 Å². The van der Waals surface area contributed by atoms with Crippen LogP contribution >= 0.6 is 0 Å². The number of rotatable bonds is 4. The second-order valence-electron chi connectivity index (χ2n) is 5.24. The summed E-state index contributed by atoms with van der Waals surface area (Å²) in [6, 6.07) is 23.4. The van der Waals surface area contributed by atoms with Gasteiger partial charge in [-0.15, -0.1) is 0 Å². The number of ether oxygens (including phenoxy) is 1. The Kier molecular flexibility index (Phi) is 4.19. The van der Waals surface area contributed by atoms with Crippen LogP contribution in [0, 0.1) is 0 Å². The van der Waals surface area contributed by atoms with Crippen molar-refractivity contribution in [1.82, 2.24) is 0 Å². The molecular weight excluding hydrogens is 272 g/mol. The van der Waals surface area contributed by atoms with E-state index in [4.69, 9.17) is 4.74 Å². The van der Waals surface area contributed by atoms with Crippen LogP contribution in [-0.4, -0.2) is 5.97 Å². The molecule has 0 aliphatic rings. The lowest BCUT2D eigenvalue weighted by atomic mass is 10.0. The molecule has 3 aromatic carbocycles. The van der Waals surface area contributed by atoms with E-state index >= 15 is 0 Å². The summed E-state index contributed by atoms with van der Waals surface area (Å²) in [4.78, 5) is 12.6. The third-order valence-corrected chi connectivity index (χ3v) is 3.80. The number of carbonyl (C=O) groups excluding carboxylic acids is 1. The first-order chi connectivity index (χ1) is 10.8. The molecule has 0 N–H and O–H groups in total. The average molecular weight is 290 g/mol. The first-order valence-electron chi connectivity index (χ1n) is 7.53. The predicted molar refractivity (Wildman–Crippen MR) is 88.8 cm³/mol. The second kappa shape index (κ2) is 6.44. The molecule has 0 radical (unpaired) electrons. The van der Waals surface area contributed by atoms with Gasteiger partial charge in [0.05, 0.1) is 5.56 Å². The number of hydrogen-bond acceptors (Lipinski definition) is 2. The van der Waals surface area contributed by atoms with Crippen LogP contribution in [0.4, 0.5) is 0 Å². The van der Waals surface area contributed by atoms with Crippen molar-refractivity contribution in [2.75, 3.05) is 0 Å². The summed E-state index contributed by atoms with van der Waals surface area (Å²) in [6.07, 6.45) is 0.535. The van der Waals surface area contributed by atoms with Crippen molar-refractivity contribution in [3.05, 3.63) is 83.9 Å². The lowest BCUT2D eigenvalue weighted by Gasteiger charge is -2.17. The number of fused-ring (bicyclic) bond motifs is 1. The van der Waals surface area contributed by atoms with Crippen molar-refractivity contribution in [2.24, 2.45) is 0 Å². The minimum absolute atomic E-state index is 0.215. The van der Waals surface area contributed by atoms with Crippen LogP contribution in [0.5, 0.6) is 0 Å². The number of benzene rings is 3. The maximum atomic E-state index is 12.6. The van der Waals surface area contributed by atoms with E-state index in [2.05, 4.69) is 0 Å². The van der Waals surface area contributed by atoms with Gasteiger partial charge in [-0.1, -0.05) is 73.7 Å². The molecule has 0 heterocycles. The van der Waals surface area contributed by atoms with Gasteiger partial charge in [-0.2, -0.15) is 0 Å². The van der Waals surface area contributed by atoms with Crippen LogP contribution in [0.15, 0.2) is 72.8 Å². The molecule has 1 unspecified atom stereocenters. The smallest absolute Gasteiger partial charge is 0.339 e. The Bertz CT molecular complexity index is 773. The van der Waals surface area contributed by atoms with Crippen LogP contribution in [-0.2, 0) is 4.74 Å². The van der Waals surface area contributed by atoms with E-state index in [0.29, 0.717) is 5.56 Å². The van der Waals surface area contributed by atoms with Gasteiger partial charge >= 0.3 is 5.97 Å². The van der Waals surface area contributed by atoms with Gasteiger partial charge in [0.15, 0.2) is 0 Å². The minimum atomic E-state index is -0.271. The molecule has 0 saturated heterocycles. The summed E-state index contributed by atoms with van der Waals surface area (Å²) >= 11 is 0. The van der Waals surface area contributed by atoms with E-state index in [1.165, 1.54) is 0 Å². The van der Waals surface area contributed by atoms with Gasteiger partial charge in [0.1, 0.15) is 6.10 Å². The molecule has 110 valence electrons. The zero-order valence-electron chi connectivity index (χ0n) is 12.5. The fourth-order valence-electron chi connectivity index (χ4n) is 2.65. The Hall–Kier alpha value is -2.61. The summed E-state index contributed by atoms with van der Waals surface area (Å²) in [5, 5.41) is 1.97. The molecule has 3 aromatic rings. The highest BCUT2D eigenvalue weighted by Gasteiger charge is 2.17. The highest BCUT2D eigenvalue weighted by Crippen LogP contribution is 2.25. The number of hydrogen-bond donors (Lipinski definition) is 0. The van der Waals surface area contributed by atoms with Gasteiger partial charge in [0.25, 0.3) is 0 Å². The topological polar surface area (TPSA) is 26.3 Å². The quantitative estimate of drug-likeness (QED) is 0.621. The number of carbonyl (C=O) groups is 1. The Morgan fingerprint density at radius 3 is 2.36 bits per heavy atom. The van der Waals surface area contributed by atoms with Gasteiger partial charge in [0.2, 0.25) is 0 Å². The van der Waals surface area contributed by atoms with Gasteiger partial charge in [0, 0.05) is 0 Å². The third kappa shape index (κ3) is 2.86. The first kappa shape index (κ1) is 14.3. The minimum Gasteiger partial charge on any atom is -0.454 e. The Morgan fingerprint density at radius 1 is 0.909 bits per heavy atom. The zero-order valence-corrected chi connectivity index (χ0v) is 12.5. The molecule has 3 rings (SSSR count). The standard InChI is InChI=1S/C20H18O2/c1-2-19(16-10-4-3-5-11-16)22-20(21)18-14-8-12-15-9-6-7-13-17(15)18/h3-14,19H,2H2,1H3. The fraction of sp³-hybridized carbons (Fsp3) is 0.150. The van der Waals surface area contributed by atoms with E-state index in [9.17, 15) is 4.79 Å². The summed E-state index contributed by atoms with van der Waals surface area (Å²) in [5.41, 5.74) is 1.64. The van der Waals surface area contributed by atoms with Crippen LogP contribution in [0.25, 0.3) is 10.8 Å². The SMILES string of the molecule is CCC(OC(=O)c1cccc2ccccc12)c1ccccc1. The first-order valence-corrected chi connectivity index (χ1v) is 7.53.